The number of carbonyl (C=O) groups excluding carboxylic acids is 2. The molecule has 1 aliphatic carbocycles. The Balaban J connectivity index is 1.39. The molecule has 0 spiro atoms. The maximum absolute atomic E-state index is 13.3. The number of esters is 1. The van der Waals surface area contributed by atoms with Crippen molar-refractivity contribution in [2.75, 3.05) is 39.2 Å². The topological polar surface area (TPSA) is 81.0 Å². The number of anilines is 1. The van der Waals surface area contributed by atoms with Crippen molar-refractivity contribution in [3.63, 3.8) is 0 Å². The quantitative estimate of drug-likeness (QED) is 0.429. The third-order valence-corrected chi connectivity index (χ3v) is 7.18. The Bertz CT molecular complexity index is 949. The number of ether oxygens (including phenoxy) is 2. The van der Waals surface area contributed by atoms with E-state index in [0.29, 0.717) is 30.6 Å². The van der Waals surface area contributed by atoms with Crippen LogP contribution in [-0.4, -0.2) is 56.7 Å². The van der Waals surface area contributed by atoms with Gasteiger partial charge in [0.15, 0.2) is 0 Å². The number of hydrogen-bond donors (Lipinski definition) is 1. The fourth-order valence-electron chi connectivity index (χ4n) is 5.45. The molecule has 1 aromatic heterocycles. The van der Waals surface area contributed by atoms with E-state index in [2.05, 4.69) is 17.3 Å². The van der Waals surface area contributed by atoms with Crippen LogP contribution in [0.1, 0.15) is 61.9 Å². The summed E-state index contributed by atoms with van der Waals surface area (Å²) in [7, 11) is 3.71. The monoisotopic (exact) mass is 456 g/mol. The van der Waals surface area contributed by atoms with Gasteiger partial charge >= 0.3 is 5.97 Å². The van der Waals surface area contributed by atoms with Crippen LogP contribution in [0.15, 0.2) is 28.7 Å². The van der Waals surface area contributed by atoms with Crippen LogP contribution in [0.25, 0.3) is 11.0 Å². The van der Waals surface area contributed by atoms with E-state index in [9.17, 15) is 9.59 Å². The largest absolute Gasteiger partial charge is 0.460 e. The number of furan rings is 1. The number of likely N-dealkylation sites (tertiary alicyclic amines) is 1. The molecule has 2 aliphatic rings. The molecule has 180 valence electrons. The molecule has 1 N–H and O–H groups in total. The molecular weight excluding hydrogens is 420 g/mol. The van der Waals surface area contributed by atoms with Crippen molar-refractivity contribution >= 4 is 28.5 Å². The van der Waals surface area contributed by atoms with Gasteiger partial charge in [0.05, 0.1) is 12.6 Å². The average molecular weight is 457 g/mol. The highest BCUT2D eigenvalue weighted by molar-refractivity contribution is 5.98. The van der Waals surface area contributed by atoms with Crippen LogP contribution in [0.5, 0.6) is 0 Å². The Morgan fingerprint density at radius 1 is 1.09 bits per heavy atom. The summed E-state index contributed by atoms with van der Waals surface area (Å²) >= 11 is 0. The first-order chi connectivity index (χ1) is 16.1. The summed E-state index contributed by atoms with van der Waals surface area (Å²) in [6.45, 7) is 1.95. The van der Waals surface area contributed by atoms with Crippen molar-refractivity contribution < 1.29 is 23.5 Å². The number of carbonyl (C=O) groups is 2. The highest BCUT2D eigenvalue weighted by Crippen LogP contribution is 2.38. The fourth-order valence-corrected chi connectivity index (χ4v) is 5.45. The second kappa shape index (κ2) is 11.2. The van der Waals surface area contributed by atoms with Gasteiger partial charge in [0.1, 0.15) is 5.58 Å². The third-order valence-electron chi connectivity index (χ3n) is 7.18. The lowest BCUT2D eigenvalue weighted by molar-refractivity contribution is -0.121. The van der Waals surface area contributed by atoms with E-state index in [4.69, 9.17) is 13.9 Å². The predicted octanol–water partition coefficient (Wildman–Crippen LogP) is 4.86. The van der Waals surface area contributed by atoms with Crippen LogP contribution in [0, 0.1) is 11.8 Å². The summed E-state index contributed by atoms with van der Waals surface area (Å²) in [5.74, 6) is 0.839. The summed E-state index contributed by atoms with van der Waals surface area (Å²) in [5, 5.41) is 3.88. The number of benzene rings is 1. The molecule has 0 bridgehead atoms. The van der Waals surface area contributed by atoms with Crippen LogP contribution in [0.4, 0.5) is 5.69 Å². The normalized spacial score (nSPS) is 22.0. The fraction of sp³-hybridized carbons (Fsp3) is 0.615. The highest BCUT2D eigenvalue weighted by atomic mass is 16.5. The number of rotatable bonds is 9. The zero-order valence-electron chi connectivity index (χ0n) is 19.8. The van der Waals surface area contributed by atoms with Crippen molar-refractivity contribution in [2.45, 2.75) is 57.4 Å². The molecule has 7 heteroatoms. The molecule has 2 aromatic rings. The van der Waals surface area contributed by atoms with Crippen molar-refractivity contribution in [2.24, 2.45) is 11.8 Å². The van der Waals surface area contributed by atoms with Crippen LogP contribution in [0.2, 0.25) is 0 Å². The number of nitrogens with one attached hydrogen (secondary N) is 1. The molecule has 2 unspecified atom stereocenters. The Kier molecular flexibility index (Phi) is 8.04. The van der Waals surface area contributed by atoms with Gasteiger partial charge in [0, 0.05) is 24.8 Å². The summed E-state index contributed by atoms with van der Waals surface area (Å²) in [5.41, 5.74) is 1.31. The van der Waals surface area contributed by atoms with E-state index >= 15 is 0 Å². The number of likely N-dealkylation sites (N-methyl/N-ethyl adjacent to an activating group) is 1. The zero-order chi connectivity index (χ0) is 23.2. The molecule has 1 amide bonds. The van der Waals surface area contributed by atoms with Gasteiger partial charge in [-0.1, -0.05) is 32.1 Å². The maximum atomic E-state index is 13.3. The Hall–Kier alpha value is -2.38. The minimum Gasteiger partial charge on any atom is -0.460 e. The Labute approximate surface area is 195 Å². The summed E-state index contributed by atoms with van der Waals surface area (Å²) < 4.78 is 15.9. The molecule has 2 fully saturated rings. The number of amides is 1. The molecule has 2 heterocycles. The lowest BCUT2D eigenvalue weighted by Crippen LogP contribution is -2.43. The van der Waals surface area contributed by atoms with Gasteiger partial charge in [-0.2, -0.15) is 0 Å². The molecule has 1 saturated heterocycles. The molecule has 0 radical (unpaired) electrons. The van der Waals surface area contributed by atoms with Crippen molar-refractivity contribution in [3.05, 3.63) is 30.0 Å². The van der Waals surface area contributed by atoms with E-state index in [-0.39, 0.29) is 17.7 Å². The van der Waals surface area contributed by atoms with Crippen molar-refractivity contribution in [1.29, 1.82) is 0 Å². The Morgan fingerprint density at radius 2 is 1.88 bits per heavy atom. The number of hydrogen-bond acceptors (Lipinski definition) is 6. The molecule has 1 saturated carbocycles. The molecular formula is C26H36N2O5. The van der Waals surface area contributed by atoms with Crippen LogP contribution < -0.4 is 5.32 Å². The second-order valence-corrected chi connectivity index (χ2v) is 9.46. The van der Waals surface area contributed by atoms with Gasteiger partial charge in [-0.15, -0.1) is 0 Å². The molecule has 2 atom stereocenters. The molecule has 1 aliphatic heterocycles. The first-order valence-electron chi connectivity index (χ1n) is 12.3. The highest BCUT2D eigenvalue weighted by Gasteiger charge is 2.41. The first kappa shape index (κ1) is 23.8. The average Bonchev–Trinajstić information content (AvgIpc) is 3.42. The number of fused-ring (bicyclic) bond motifs is 1. The summed E-state index contributed by atoms with van der Waals surface area (Å²) in [4.78, 5) is 27.7. The standard InChI is InChI=1S/C26H36N2O5/c1-28-13-12-21(18-8-4-3-5-9-18)24(28)25(29)27-20-10-11-22-19(16-20)17-23(33-22)26(30)32-15-7-6-14-31-2/h10-11,16-18,21,24H,3-9,12-15H2,1-2H3,(H,27,29). The van der Waals surface area contributed by atoms with E-state index < -0.39 is 5.97 Å². The molecule has 7 nitrogen and oxygen atoms in total. The van der Waals surface area contributed by atoms with Gasteiger partial charge in [-0.3, -0.25) is 9.69 Å². The minimum atomic E-state index is -0.475. The maximum Gasteiger partial charge on any atom is 0.374 e. The van der Waals surface area contributed by atoms with Crippen LogP contribution >= 0.6 is 0 Å². The van der Waals surface area contributed by atoms with Gasteiger partial charge in [0.25, 0.3) is 0 Å². The summed E-state index contributed by atoms with van der Waals surface area (Å²) in [6, 6.07) is 7.06. The van der Waals surface area contributed by atoms with Gasteiger partial charge in [0.2, 0.25) is 11.7 Å². The number of methoxy groups -OCH3 is 1. The van der Waals surface area contributed by atoms with Gasteiger partial charge in [-0.25, -0.2) is 4.79 Å². The van der Waals surface area contributed by atoms with Gasteiger partial charge in [-0.05, 0) is 69.0 Å². The van der Waals surface area contributed by atoms with E-state index in [0.717, 1.165) is 36.9 Å². The van der Waals surface area contributed by atoms with Gasteiger partial charge < -0.3 is 19.2 Å². The SMILES string of the molecule is COCCCCOC(=O)c1cc2cc(NC(=O)C3C(C4CCCCC4)CCN3C)ccc2o1. The Morgan fingerprint density at radius 3 is 2.67 bits per heavy atom. The smallest absolute Gasteiger partial charge is 0.374 e. The predicted molar refractivity (Wildman–Crippen MR) is 127 cm³/mol. The molecule has 33 heavy (non-hydrogen) atoms. The number of unbranched alkanes of at least 4 members (excludes halogenated alkanes) is 1. The van der Waals surface area contributed by atoms with Crippen molar-refractivity contribution in [1.82, 2.24) is 4.90 Å². The van der Waals surface area contributed by atoms with Crippen LogP contribution in [-0.2, 0) is 14.3 Å². The third kappa shape index (κ3) is 5.76. The number of nitrogens with zero attached hydrogens (tertiary/aromatic N) is 1. The second-order valence-electron chi connectivity index (χ2n) is 9.46. The summed E-state index contributed by atoms with van der Waals surface area (Å²) in [6.07, 6.45) is 9.06. The first-order valence-corrected chi connectivity index (χ1v) is 12.3. The molecule has 4 rings (SSSR count). The molecule has 1 aromatic carbocycles. The van der Waals surface area contributed by atoms with Crippen LogP contribution in [0.3, 0.4) is 0 Å². The minimum absolute atomic E-state index is 0.0594. The van der Waals surface area contributed by atoms with E-state index in [1.165, 1.54) is 32.1 Å². The van der Waals surface area contributed by atoms with E-state index in [1.807, 2.05) is 12.1 Å². The van der Waals surface area contributed by atoms with E-state index in [1.54, 1.807) is 19.2 Å². The zero-order valence-corrected chi connectivity index (χ0v) is 19.8. The lowest BCUT2D eigenvalue weighted by Gasteiger charge is -2.32. The van der Waals surface area contributed by atoms with Crippen molar-refractivity contribution in [3.8, 4) is 0 Å². The lowest BCUT2D eigenvalue weighted by atomic mass is 9.76.